The number of nitrogens with zero attached hydrogens (tertiary/aromatic N) is 3. The molecule has 0 saturated carbocycles. The van der Waals surface area contributed by atoms with Gasteiger partial charge in [0.2, 0.25) is 5.91 Å². The zero-order chi connectivity index (χ0) is 24.1. The molecule has 2 aromatic carbocycles. The lowest BCUT2D eigenvalue weighted by molar-refractivity contribution is -0.113. The molecule has 0 spiro atoms. The predicted molar refractivity (Wildman–Crippen MR) is 133 cm³/mol. The molecule has 0 saturated heterocycles. The van der Waals surface area contributed by atoms with E-state index in [1.165, 1.54) is 17.8 Å². The number of hydrogen-bond donors (Lipinski definition) is 2. The molecule has 3 aromatic rings. The second-order valence-corrected chi connectivity index (χ2v) is 9.35. The quantitative estimate of drug-likeness (QED) is 0.397. The van der Waals surface area contributed by atoms with Crippen LogP contribution in [0.2, 0.25) is 10.0 Å². The first-order chi connectivity index (χ1) is 15.7. The van der Waals surface area contributed by atoms with E-state index in [4.69, 9.17) is 23.2 Å². The Labute approximate surface area is 207 Å². The number of anilines is 1. The summed E-state index contributed by atoms with van der Waals surface area (Å²) in [7, 11) is 0. The Bertz CT molecular complexity index is 1180. The van der Waals surface area contributed by atoms with E-state index in [0.717, 1.165) is 16.8 Å². The van der Waals surface area contributed by atoms with Crippen molar-refractivity contribution in [1.82, 2.24) is 20.1 Å². The van der Waals surface area contributed by atoms with Gasteiger partial charge in [-0.25, -0.2) is 0 Å². The second-order valence-electron chi connectivity index (χ2n) is 7.56. The van der Waals surface area contributed by atoms with Crippen LogP contribution in [0, 0.1) is 13.8 Å². The van der Waals surface area contributed by atoms with Crippen molar-refractivity contribution in [1.29, 1.82) is 0 Å². The number of aryl methyl sites for hydroxylation is 2. The Kier molecular flexibility index (Phi) is 8.40. The van der Waals surface area contributed by atoms with E-state index < -0.39 is 6.04 Å². The minimum Gasteiger partial charge on any atom is -0.342 e. The average molecular weight is 506 g/mol. The number of hydrogen-bond acceptors (Lipinski definition) is 5. The molecule has 1 aromatic heterocycles. The van der Waals surface area contributed by atoms with Crippen LogP contribution in [0.1, 0.15) is 47.2 Å². The number of amides is 2. The second kappa shape index (κ2) is 11.0. The minimum absolute atomic E-state index is 0.125. The van der Waals surface area contributed by atoms with Crippen LogP contribution in [-0.4, -0.2) is 32.3 Å². The van der Waals surface area contributed by atoms with Crippen molar-refractivity contribution in [3.8, 4) is 0 Å². The van der Waals surface area contributed by atoms with Crippen LogP contribution in [0.4, 0.5) is 5.69 Å². The van der Waals surface area contributed by atoms with Crippen molar-refractivity contribution in [2.75, 3.05) is 11.1 Å². The van der Waals surface area contributed by atoms with E-state index in [1.807, 2.05) is 50.5 Å². The highest BCUT2D eigenvalue weighted by Gasteiger charge is 2.21. The fourth-order valence-corrected chi connectivity index (χ4v) is 4.53. The number of rotatable bonds is 8. The summed E-state index contributed by atoms with van der Waals surface area (Å²) in [4.78, 5) is 25.1. The Hall–Kier alpha value is -2.55. The maximum atomic E-state index is 12.7. The molecule has 10 heteroatoms. The van der Waals surface area contributed by atoms with Crippen LogP contribution in [-0.2, 0) is 11.3 Å². The largest absolute Gasteiger partial charge is 0.342 e. The fraction of sp³-hybridized carbons (Fsp3) is 0.304. The third kappa shape index (κ3) is 6.28. The summed E-state index contributed by atoms with van der Waals surface area (Å²) >= 11 is 13.3. The molecule has 33 heavy (non-hydrogen) atoms. The summed E-state index contributed by atoms with van der Waals surface area (Å²) in [5, 5.41) is 15.7. The van der Waals surface area contributed by atoms with Gasteiger partial charge in [0.25, 0.3) is 5.91 Å². The highest BCUT2D eigenvalue weighted by Crippen LogP contribution is 2.24. The van der Waals surface area contributed by atoms with Crippen molar-refractivity contribution in [2.45, 2.75) is 45.4 Å². The molecule has 0 aliphatic carbocycles. The summed E-state index contributed by atoms with van der Waals surface area (Å²) in [6.07, 6.45) is 0. The maximum absolute atomic E-state index is 12.7. The summed E-state index contributed by atoms with van der Waals surface area (Å²) in [6.45, 7) is 8.30. The van der Waals surface area contributed by atoms with Gasteiger partial charge in [-0.05, 0) is 63.1 Å². The number of thioether (sulfide) groups is 1. The van der Waals surface area contributed by atoms with Gasteiger partial charge in [-0.1, -0.05) is 47.1 Å². The summed E-state index contributed by atoms with van der Waals surface area (Å²) in [5.74, 6) is 0.317. The van der Waals surface area contributed by atoms with Gasteiger partial charge in [0.1, 0.15) is 0 Å². The highest BCUT2D eigenvalue weighted by atomic mass is 35.5. The lowest BCUT2D eigenvalue weighted by Gasteiger charge is -2.15. The van der Waals surface area contributed by atoms with Crippen LogP contribution in [0.5, 0.6) is 0 Å². The molecular weight excluding hydrogens is 481 g/mol. The average Bonchev–Trinajstić information content (AvgIpc) is 3.17. The first-order valence-corrected chi connectivity index (χ1v) is 12.1. The zero-order valence-corrected chi connectivity index (χ0v) is 21.1. The zero-order valence-electron chi connectivity index (χ0n) is 18.8. The summed E-state index contributed by atoms with van der Waals surface area (Å²) < 4.78 is 1.88. The normalized spacial score (nSPS) is 11.8. The topological polar surface area (TPSA) is 88.9 Å². The van der Waals surface area contributed by atoms with Crippen LogP contribution in [0.25, 0.3) is 0 Å². The molecule has 0 unspecified atom stereocenters. The number of halogens is 2. The molecular formula is C23H25Cl2N5O2S. The molecule has 2 N–H and O–H groups in total. The standard InChI is InChI=1S/C23H25Cl2N5O2S/c1-5-30-21(15(4)26-22(32)17-9-8-16(24)11-18(17)25)28-29-23(30)33-12-20(31)27-19-10-13(2)6-7-14(19)3/h6-11,15H,5,12H2,1-4H3,(H,26,32)(H,27,31)/t15-/m1/s1. The van der Waals surface area contributed by atoms with Gasteiger partial charge in [0, 0.05) is 17.3 Å². The molecule has 0 aliphatic heterocycles. The Balaban J connectivity index is 1.65. The Morgan fingerprint density at radius 1 is 1.12 bits per heavy atom. The minimum atomic E-state index is -0.421. The number of nitrogens with one attached hydrogen (secondary N) is 2. The molecule has 1 heterocycles. The van der Waals surface area contributed by atoms with E-state index >= 15 is 0 Å². The van der Waals surface area contributed by atoms with E-state index in [9.17, 15) is 9.59 Å². The molecule has 0 fully saturated rings. The maximum Gasteiger partial charge on any atom is 0.253 e. The number of benzene rings is 2. The fourth-order valence-electron chi connectivity index (χ4n) is 3.22. The van der Waals surface area contributed by atoms with E-state index in [-0.39, 0.29) is 22.6 Å². The molecule has 0 radical (unpaired) electrons. The van der Waals surface area contributed by atoms with E-state index in [2.05, 4.69) is 20.8 Å². The first kappa shape index (κ1) is 25.1. The molecule has 7 nitrogen and oxygen atoms in total. The van der Waals surface area contributed by atoms with E-state index in [1.54, 1.807) is 12.1 Å². The number of aromatic nitrogens is 3. The summed E-state index contributed by atoms with van der Waals surface area (Å²) in [5.41, 5.74) is 3.21. The monoisotopic (exact) mass is 505 g/mol. The van der Waals surface area contributed by atoms with Gasteiger partial charge in [0.05, 0.1) is 22.4 Å². The van der Waals surface area contributed by atoms with Crippen molar-refractivity contribution in [3.63, 3.8) is 0 Å². The molecule has 3 rings (SSSR count). The molecule has 1 atom stereocenters. The van der Waals surface area contributed by atoms with Gasteiger partial charge in [-0.3, -0.25) is 9.59 Å². The van der Waals surface area contributed by atoms with E-state index in [0.29, 0.717) is 28.1 Å². The predicted octanol–water partition coefficient (Wildman–Crippen LogP) is 5.44. The third-order valence-corrected chi connectivity index (χ3v) is 6.49. The molecule has 174 valence electrons. The SMILES string of the molecule is CCn1c(SCC(=O)Nc2cc(C)ccc2C)nnc1[C@@H](C)NC(=O)c1ccc(Cl)cc1Cl. The van der Waals surface area contributed by atoms with Gasteiger partial charge in [-0.15, -0.1) is 10.2 Å². The number of carbonyl (C=O) groups is 2. The Morgan fingerprint density at radius 2 is 1.88 bits per heavy atom. The van der Waals surface area contributed by atoms with Crippen molar-refractivity contribution in [2.24, 2.45) is 0 Å². The van der Waals surface area contributed by atoms with Gasteiger partial charge in [-0.2, -0.15) is 0 Å². The van der Waals surface area contributed by atoms with Gasteiger partial charge < -0.3 is 15.2 Å². The van der Waals surface area contributed by atoms with Crippen LogP contribution in [0.15, 0.2) is 41.6 Å². The Morgan fingerprint density at radius 3 is 2.58 bits per heavy atom. The summed E-state index contributed by atoms with van der Waals surface area (Å²) in [6, 6.07) is 10.2. The molecule has 2 amide bonds. The van der Waals surface area contributed by atoms with Crippen LogP contribution in [0.3, 0.4) is 0 Å². The van der Waals surface area contributed by atoms with Gasteiger partial charge in [0.15, 0.2) is 11.0 Å². The van der Waals surface area contributed by atoms with Crippen molar-refractivity contribution in [3.05, 3.63) is 69.0 Å². The smallest absolute Gasteiger partial charge is 0.253 e. The first-order valence-electron chi connectivity index (χ1n) is 10.4. The third-order valence-electron chi connectivity index (χ3n) is 4.97. The van der Waals surface area contributed by atoms with Gasteiger partial charge >= 0.3 is 0 Å². The van der Waals surface area contributed by atoms with Crippen LogP contribution < -0.4 is 10.6 Å². The lowest BCUT2D eigenvalue weighted by Crippen LogP contribution is -2.29. The molecule has 0 bridgehead atoms. The number of carbonyl (C=O) groups excluding carboxylic acids is 2. The van der Waals surface area contributed by atoms with Crippen molar-refractivity contribution >= 4 is 52.5 Å². The highest BCUT2D eigenvalue weighted by molar-refractivity contribution is 7.99. The van der Waals surface area contributed by atoms with Crippen LogP contribution >= 0.6 is 35.0 Å². The lowest BCUT2D eigenvalue weighted by atomic mass is 10.1. The molecule has 0 aliphatic rings. The van der Waals surface area contributed by atoms with Crippen molar-refractivity contribution < 1.29 is 9.59 Å².